The molecule has 0 aliphatic rings. The Morgan fingerprint density at radius 1 is 1.13 bits per heavy atom. The van der Waals surface area contributed by atoms with Crippen molar-refractivity contribution < 1.29 is 27.3 Å². The van der Waals surface area contributed by atoms with Crippen molar-refractivity contribution in [1.82, 2.24) is 5.43 Å². The number of ether oxygens (including phenoxy) is 1. The molecule has 0 bridgehead atoms. The van der Waals surface area contributed by atoms with Crippen LogP contribution in [0.5, 0.6) is 5.75 Å². The van der Waals surface area contributed by atoms with Gasteiger partial charge in [0.1, 0.15) is 11.4 Å². The average Bonchev–Trinajstić information content (AvgIpc) is 3.18. The van der Waals surface area contributed by atoms with E-state index in [9.17, 15) is 23.3 Å². The summed E-state index contributed by atoms with van der Waals surface area (Å²) in [6.07, 6.45) is 0. The Labute approximate surface area is 184 Å². The van der Waals surface area contributed by atoms with Gasteiger partial charge in [-0.2, -0.15) is 0 Å². The van der Waals surface area contributed by atoms with Gasteiger partial charge in [0.2, 0.25) is 0 Å². The Kier molecular flexibility index (Phi) is 6.46. The van der Waals surface area contributed by atoms with Gasteiger partial charge in [0.15, 0.2) is 10.4 Å². The summed E-state index contributed by atoms with van der Waals surface area (Å²) in [6.45, 7) is 0. The van der Waals surface area contributed by atoms with E-state index in [1.807, 2.05) is 0 Å². The quantitative estimate of drug-likeness (QED) is 0.307. The second-order valence-electron chi connectivity index (χ2n) is 5.92. The van der Waals surface area contributed by atoms with Gasteiger partial charge >= 0.3 is 5.91 Å². The molecule has 3 N–H and O–H groups in total. The fraction of sp³-hybridized carbons (Fsp3) is 0.0556. The van der Waals surface area contributed by atoms with Gasteiger partial charge in [-0.1, -0.05) is 12.1 Å². The van der Waals surface area contributed by atoms with Crippen LogP contribution in [0.2, 0.25) is 0 Å². The number of para-hydroxylation sites is 2. The van der Waals surface area contributed by atoms with Crippen molar-refractivity contribution in [3.8, 4) is 5.75 Å². The van der Waals surface area contributed by atoms with Gasteiger partial charge in [0.25, 0.3) is 15.7 Å². The first-order valence-electron chi connectivity index (χ1n) is 8.47. The molecule has 0 spiro atoms. The molecule has 0 saturated carbocycles. The first-order valence-corrected chi connectivity index (χ1v) is 10.7. The van der Waals surface area contributed by atoms with Crippen molar-refractivity contribution in [3.05, 3.63) is 75.1 Å². The van der Waals surface area contributed by atoms with E-state index in [1.165, 1.54) is 25.3 Å². The number of nitrogens with zero attached hydrogens (tertiary/aromatic N) is 1. The molecule has 3 rings (SSSR count). The molecule has 3 aromatic rings. The fourth-order valence-electron chi connectivity index (χ4n) is 2.49. The molecular weight excluding hydrogens is 496 g/mol. The zero-order valence-electron chi connectivity index (χ0n) is 15.8. The summed E-state index contributed by atoms with van der Waals surface area (Å²) in [7, 11) is -2.78. The van der Waals surface area contributed by atoms with Crippen LogP contribution in [0.15, 0.2) is 68.6 Å². The van der Waals surface area contributed by atoms with Crippen LogP contribution in [-0.4, -0.2) is 26.4 Å². The van der Waals surface area contributed by atoms with Crippen LogP contribution in [0.3, 0.4) is 0 Å². The molecule has 162 valence electrons. The first-order chi connectivity index (χ1) is 14.7. The molecule has 1 amide bonds. The lowest BCUT2D eigenvalue weighted by Crippen LogP contribution is -2.29. The number of hydrogen-bond acceptors (Lipinski definition) is 8. The van der Waals surface area contributed by atoms with E-state index in [-0.39, 0.29) is 27.8 Å². The summed E-state index contributed by atoms with van der Waals surface area (Å²) in [5.74, 6) is -0.442. The number of methoxy groups -OCH3 is 1. The highest BCUT2D eigenvalue weighted by atomic mass is 79.9. The van der Waals surface area contributed by atoms with E-state index in [4.69, 9.17) is 9.15 Å². The maximum atomic E-state index is 12.7. The third-order valence-corrected chi connectivity index (χ3v) is 5.72. The Morgan fingerprint density at radius 2 is 1.87 bits per heavy atom. The second kappa shape index (κ2) is 9.06. The normalized spacial score (nSPS) is 10.9. The Balaban J connectivity index is 1.84. The minimum absolute atomic E-state index is 0.0396. The monoisotopic (exact) mass is 510 g/mol. The molecule has 11 nitrogen and oxygen atoms in total. The number of nitro groups is 1. The van der Waals surface area contributed by atoms with Gasteiger partial charge in [-0.15, -0.1) is 0 Å². The summed E-state index contributed by atoms with van der Waals surface area (Å²) in [5, 5.41) is 11.5. The van der Waals surface area contributed by atoms with Crippen LogP contribution >= 0.6 is 15.9 Å². The Hall–Kier alpha value is -3.58. The number of sulfonamides is 1. The second-order valence-corrected chi connectivity index (χ2v) is 8.39. The van der Waals surface area contributed by atoms with Crippen molar-refractivity contribution >= 4 is 48.9 Å². The van der Waals surface area contributed by atoms with Gasteiger partial charge in [-0.3, -0.25) is 30.5 Å². The van der Waals surface area contributed by atoms with Gasteiger partial charge in [-0.25, -0.2) is 8.42 Å². The fourth-order valence-corrected chi connectivity index (χ4v) is 3.89. The van der Waals surface area contributed by atoms with Gasteiger partial charge in [0.05, 0.1) is 22.6 Å². The van der Waals surface area contributed by atoms with E-state index < -0.39 is 26.5 Å². The number of anilines is 2. The van der Waals surface area contributed by atoms with Gasteiger partial charge < -0.3 is 9.15 Å². The molecule has 0 radical (unpaired) electrons. The topological polar surface area (TPSA) is 153 Å². The minimum atomic E-state index is -4.16. The number of rotatable bonds is 8. The average molecular weight is 511 g/mol. The van der Waals surface area contributed by atoms with Crippen LogP contribution in [0.4, 0.5) is 17.1 Å². The number of hydrazine groups is 1. The molecule has 31 heavy (non-hydrogen) atoms. The zero-order valence-corrected chi connectivity index (χ0v) is 18.2. The van der Waals surface area contributed by atoms with Crippen LogP contribution in [0.1, 0.15) is 10.6 Å². The third kappa shape index (κ3) is 5.13. The molecule has 0 fully saturated rings. The van der Waals surface area contributed by atoms with Crippen LogP contribution < -0.4 is 20.3 Å². The van der Waals surface area contributed by atoms with Crippen LogP contribution in [0, 0.1) is 10.1 Å². The zero-order chi connectivity index (χ0) is 22.6. The van der Waals surface area contributed by atoms with E-state index in [0.717, 1.165) is 18.2 Å². The molecule has 1 heterocycles. The van der Waals surface area contributed by atoms with E-state index >= 15 is 0 Å². The molecule has 1 aromatic heterocycles. The summed E-state index contributed by atoms with van der Waals surface area (Å²) in [5.41, 5.74) is 4.13. The number of benzene rings is 2. The molecule has 0 unspecified atom stereocenters. The number of carbonyl (C=O) groups excluding carboxylic acids is 1. The molecular formula is C18H15BrN4O7S. The largest absolute Gasteiger partial charge is 0.495 e. The van der Waals surface area contributed by atoms with Gasteiger partial charge in [-0.05, 0) is 52.3 Å². The maximum Gasteiger partial charge on any atom is 0.305 e. The SMILES string of the molecule is COc1ccccc1NS(=O)(=O)c1ccc(NNC(=O)c2ccc(Br)o2)c([N+](=O)[O-])c1. The summed E-state index contributed by atoms with van der Waals surface area (Å²) >= 11 is 3.06. The number of furan rings is 1. The number of nitrogens with one attached hydrogen (secondary N) is 3. The van der Waals surface area contributed by atoms with Crippen molar-refractivity contribution in [2.75, 3.05) is 17.3 Å². The molecule has 0 atom stereocenters. The van der Waals surface area contributed by atoms with Crippen molar-refractivity contribution in [2.45, 2.75) is 4.90 Å². The minimum Gasteiger partial charge on any atom is -0.495 e. The first kappa shape index (κ1) is 22.1. The van der Waals surface area contributed by atoms with E-state index in [1.54, 1.807) is 18.2 Å². The molecule has 0 saturated heterocycles. The smallest absolute Gasteiger partial charge is 0.305 e. The summed E-state index contributed by atoms with van der Waals surface area (Å²) < 4.78 is 38.3. The Bertz CT molecular complexity index is 1240. The lowest BCUT2D eigenvalue weighted by atomic mass is 10.3. The summed E-state index contributed by atoms with van der Waals surface area (Å²) in [6, 6.07) is 12.4. The van der Waals surface area contributed by atoms with E-state index in [2.05, 4.69) is 31.5 Å². The Morgan fingerprint density at radius 3 is 2.52 bits per heavy atom. The number of halogens is 1. The molecule has 0 aliphatic heterocycles. The summed E-state index contributed by atoms with van der Waals surface area (Å²) in [4.78, 5) is 22.4. The van der Waals surface area contributed by atoms with Crippen LogP contribution in [0.25, 0.3) is 0 Å². The molecule has 2 aromatic carbocycles. The molecule has 13 heteroatoms. The standard InChI is InChI=1S/C18H15BrN4O7S/c1-29-15-5-3-2-4-13(15)22-31(27,28)11-6-7-12(14(10-11)23(25)26)20-21-18(24)16-8-9-17(19)30-16/h2-10,20,22H,1H3,(H,21,24). The maximum absolute atomic E-state index is 12.7. The lowest BCUT2D eigenvalue weighted by Gasteiger charge is -2.13. The van der Waals surface area contributed by atoms with Crippen LogP contribution in [-0.2, 0) is 10.0 Å². The highest BCUT2D eigenvalue weighted by Crippen LogP contribution is 2.30. The van der Waals surface area contributed by atoms with Crippen molar-refractivity contribution in [3.63, 3.8) is 0 Å². The molecule has 0 aliphatic carbocycles. The highest BCUT2D eigenvalue weighted by molar-refractivity contribution is 9.10. The van der Waals surface area contributed by atoms with Crippen molar-refractivity contribution in [2.24, 2.45) is 0 Å². The lowest BCUT2D eigenvalue weighted by molar-refractivity contribution is -0.384. The predicted molar refractivity (Wildman–Crippen MR) is 114 cm³/mol. The number of carbonyl (C=O) groups is 1. The highest BCUT2D eigenvalue weighted by Gasteiger charge is 2.23. The third-order valence-electron chi connectivity index (χ3n) is 3.94. The predicted octanol–water partition coefficient (Wildman–Crippen LogP) is 3.52. The number of nitro benzene ring substituents is 1. The number of hydrogen-bond donors (Lipinski definition) is 3. The van der Waals surface area contributed by atoms with Gasteiger partial charge in [0, 0.05) is 6.07 Å². The number of amides is 1. The van der Waals surface area contributed by atoms with Crippen molar-refractivity contribution in [1.29, 1.82) is 0 Å². The van der Waals surface area contributed by atoms with E-state index in [0.29, 0.717) is 4.67 Å².